The third kappa shape index (κ3) is 1.86. The molecule has 0 amide bonds. The van der Waals surface area contributed by atoms with Gasteiger partial charge in [0.1, 0.15) is 0 Å². The minimum atomic E-state index is 0.165. The third-order valence-corrected chi connectivity index (χ3v) is 3.78. The van der Waals surface area contributed by atoms with Gasteiger partial charge in [-0.25, -0.2) is 0 Å². The average Bonchev–Trinajstić information content (AvgIpc) is 2.19. The van der Waals surface area contributed by atoms with E-state index in [9.17, 15) is 0 Å². The van der Waals surface area contributed by atoms with E-state index in [2.05, 4.69) is 52.4 Å². The molecule has 0 bridgehead atoms. The SMILES string of the molecule is CC1(c2ccccc2Br)CCCCN1. The van der Waals surface area contributed by atoms with Crippen molar-refractivity contribution >= 4 is 15.9 Å². The van der Waals surface area contributed by atoms with Crippen molar-refractivity contribution in [3.63, 3.8) is 0 Å². The minimum absolute atomic E-state index is 0.165. The van der Waals surface area contributed by atoms with Gasteiger partial charge in [-0.3, -0.25) is 0 Å². The highest BCUT2D eigenvalue weighted by Gasteiger charge is 2.29. The van der Waals surface area contributed by atoms with Crippen LogP contribution in [0.15, 0.2) is 28.7 Å². The van der Waals surface area contributed by atoms with E-state index in [0.29, 0.717) is 0 Å². The Morgan fingerprint density at radius 3 is 2.71 bits per heavy atom. The van der Waals surface area contributed by atoms with Crippen LogP contribution in [0.1, 0.15) is 31.7 Å². The Balaban J connectivity index is 2.32. The van der Waals surface area contributed by atoms with Crippen molar-refractivity contribution in [2.24, 2.45) is 0 Å². The first-order valence-corrected chi connectivity index (χ1v) is 6.02. The molecule has 0 radical (unpaired) electrons. The van der Waals surface area contributed by atoms with Gasteiger partial charge in [-0.15, -0.1) is 0 Å². The summed E-state index contributed by atoms with van der Waals surface area (Å²) in [7, 11) is 0. The summed E-state index contributed by atoms with van der Waals surface area (Å²) < 4.78 is 1.22. The van der Waals surface area contributed by atoms with Crippen molar-refractivity contribution < 1.29 is 0 Å². The van der Waals surface area contributed by atoms with Crippen LogP contribution in [0.5, 0.6) is 0 Å². The van der Waals surface area contributed by atoms with Crippen LogP contribution in [-0.4, -0.2) is 6.54 Å². The highest BCUT2D eigenvalue weighted by atomic mass is 79.9. The Morgan fingerprint density at radius 1 is 1.29 bits per heavy atom. The Bertz CT molecular complexity index is 316. The largest absolute Gasteiger partial charge is 0.308 e. The quantitative estimate of drug-likeness (QED) is 0.809. The molecule has 0 saturated carbocycles. The molecule has 1 fully saturated rings. The molecule has 1 heterocycles. The van der Waals surface area contributed by atoms with Crippen LogP contribution in [-0.2, 0) is 5.54 Å². The molecule has 1 nitrogen and oxygen atoms in total. The van der Waals surface area contributed by atoms with Crippen LogP contribution in [0.2, 0.25) is 0 Å². The van der Waals surface area contributed by atoms with E-state index < -0.39 is 0 Å². The second-order valence-electron chi connectivity index (χ2n) is 4.20. The molecule has 1 aromatic carbocycles. The summed E-state index contributed by atoms with van der Waals surface area (Å²) >= 11 is 3.63. The lowest BCUT2D eigenvalue weighted by Crippen LogP contribution is -2.43. The van der Waals surface area contributed by atoms with E-state index in [0.717, 1.165) is 6.54 Å². The lowest BCUT2D eigenvalue weighted by atomic mass is 9.84. The Labute approximate surface area is 94.0 Å². The zero-order valence-corrected chi connectivity index (χ0v) is 10.1. The van der Waals surface area contributed by atoms with Crippen LogP contribution in [0.25, 0.3) is 0 Å². The molecule has 1 aliphatic heterocycles. The van der Waals surface area contributed by atoms with Crippen molar-refractivity contribution in [1.82, 2.24) is 5.32 Å². The van der Waals surface area contributed by atoms with Gasteiger partial charge in [0.25, 0.3) is 0 Å². The fourth-order valence-corrected chi connectivity index (χ4v) is 2.92. The van der Waals surface area contributed by atoms with Gasteiger partial charge in [-0.2, -0.15) is 0 Å². The normalized spacial score (nSPS) is 27.6. The monoisotopic (exact) mass is 253 g/mol. The molecule has 76 valence electrons. The summed E-state index contributed by atoms with van der Waals surface area (Å²) in [6.07, 6.45) is 3.86. The molecule has 1 saturated heterocycles. The number of nitrogens with one attached hydrogen (secondary N) is 1. The number of rotatable bonds is 1. The molecule has 2 heteroatoms. The van der Waals surface area contributed by atoms with E-state index in [1.165, 1.54) is 29.3 Å². The van der Waals surface area contributed by atoms with Gasteiger partial charge in [0.15, 0.2) is 0 Å². The van der Waals surface area contributed by atoms with Crippen LogP contribution >= 0.6 is 15.9 Å². The van der Waals surface area contributed by atoms with E-state index >= 15 is 0 Å². The van der Waals surface area contributed by atoms with Crippen LogP contribution in [0, 0.1) is 0 Å². The van der Waals surface area contributed by atoms with E-state index in [-0.39, 0.29) is 5.54 Å². The van der Waals surface area contributed by atoms with Gasteiger partial charge >= 0.3 is 0 Å². The smallest absolute Gasteiger partial charge is 0.0417 e. The fraction of sp³-hybridized carbons (Fsp3) is 0.500. The average molecular weight is 254 g/mol. The first-order valence-electron chi connectivity index (χ1n) is 5.22. The highest BCUT2D eigenvalue weighted by molar-refractivity contribution is 9.10. The second-order valence-corrected chi connectivity index (χ2v) is 5.05. The second kappa shape index (κ2) is 4.03. The third-order valence-electron chi connectivity index (χ3n) is 3.09. The number of halogens is 1. The minimum Gasteiger partial charge on any atom is -0.308 e. The molecule has 1 atom stereocenters. The van der Waals surface area contributed by atoms with Crippen molar-refractivity contribution in [2.75, 3.05) is 6.54 Å². The molecule has 1 aliphatic rings. The molecule has 1 aromatic rings. The fourth-order valence-electron chi connectivity index (χ4n) is 2.19. The lowest BCUT2D eigenvalue weighted by Gasteiger charge is -2.36. The summed E-state index contributed by atoms with van der Waals surface area (Å²) in [5.74, 6) is 0. The van der Waals surface area contributed by atoms with Gasteiger partial charge in [-0.1, -0.05) is 40.5 Å². The van der Waals surface area contributed by atoms with Crippen molar-refractivity contribution in [3.8, 4) is 0 Å². The van der Waals surface area contributed by atoms with Crippen molar-refractivity contribution in [3.05, 3.63) is 34.3 Å². The number of hydrogen-bond donors (Lipinski definition) is 1. The summed E-state index contributed by atoms with van der Waals surface area (Å²) in [4.78, 5) is 0. The first-order chi connectivity index (χ1) is 6.72. The standard InChI is InChI=1S/C12H16BrN/c1-12(8-4-5-9-14-12)10-6-2-3-7-11(10)13/h2-3,6-7,14H,4-5,8-9H2,1H3. The van der Waals surface area contributed by atoms with E-state index in [1.807, 2.05) is 0 Å². The topological polar surface area (TPSA) is 12.0 Å². The van der Waals surface area contributed by atoms with Gasteiger partial charge < -0.3 is 5.32 Å². The predicted molar refractivity (Wildman–Crippen MR) is 63.3 cm³/mol. The van der Waals surface area contributed by atoms with E-state index in [4.69, 9.17) is 0 Å². The maximum absolute atomic E-state index is 3.63. The summed E-state index contributed by atoms with van der Waals surface area (Å²) in [5, 5.41) is 3.62. The number of piperidine rings is 1. The van der Waals surface area contributed by atoms with Gasteiger partial charge in [0, 0.05) is 10.0 Å². The number of benzene rings is 1. The van der Waals surface area contributed by atoms with Crippen LogP contribution in [0.3, 0.4) is 0 Å². The van der Waals surface area contributed by atoms with Gasteiger partial charge in [0.2, 0.25) is 0 Å². The van der Waals surface area contributed by atoms with Gasteiger partial charge in [-0.05, 0) is 37.9 Å². The molecule has 0 aliphatic carbocycles. The van der Waals surface area contributed by atoms with Gasteiger partial charge in [0.05, 0.1) is 0 Å². The summed E-state index contributed by atoms with van der Waals surface area (Å²) in [6.45, 7) is 3.43. The molecule has 1 N–H and O–H groups in total. The molecule has 0 spiro atoms. The maximum Gasteiger partial charge on any atom is 0.0417 e. The molecular weight excluding hydrogens is 238 g/mol. The predicted octanol–water partition coefficient (Wildman–Crippen LogP) is 3.44. The molecular formula is C12H16BrN. The first kappa shape index (κ1) is 10.2. The van der Waals surface area contributed by atoms with Crippen LogP contribution < -0.4 is 5.32 Å². The number of hydrogen-bond acceptors (Lipinski definition) is 1. The summed E-state index contributed by atoms with van der Waals surface area (Å²) in [5.41, 5.74) is 1.55. The Kier molecular flexibility index (Phi) is 2.93. The Morgan fingerprint density at radius 2 is 2.07 bits per heavy atom. The molecule has 14 heavy (non-hydrogen) atoms. The highest BCUT2D eigenvalue weighted by Crippen LogP contribution is 2.34. The zero-order chi connectivity index (χ0) is 10.0. The van der Waals surface area contributed by atoms with Crippen molar-refractivity contribution in [2.45, 2.75) is 31.7 Å². The Hall–Kier alpha value is -0.340. The van der Waals surface area contributed by atoms with Crippen molar-refractivity contribution in [1.29, 1.82) is 0 Å². The lowest BCUT2D eigenvalue weighted by molar-refractivity contribution is 0.282. The maximum atomic E-state index is 3.63. The van der Waals surface area contributed by atoms with Crippen LogP contribution in [0.4, 0.5) is 0 Å². The zero-order valence-electron chi connectivity index (χ0n) is 8.52. The molecule has 1 unspecified atom stereocenters. The molecule has 2 rings (SSSR count). The molecule has 0 aromatic heterocycles. The van der Waals surface area contributed by atoms with E-state index in [1.54, 1.807) is 0 Å². The summed E-state index contributed by atoms with van der Waals surface area (Å²) in [6, 6.07) is 8.51.